The Morgan fingerprint density at radius 2 is 1.62 bits per heavy atom. The molecule has 2 aromatic heterocycles. The number of aromatic amines is 1. The maximum atomic E-state index is 12.6. The van der Waals surface area contributed by atoms with E-state index in [0.717, 1.165) is 33.0 Å². The lowest BCUT2D eigenvalue weighted by atomic mass is 10.00. The van der Waals surface area contributed by atoms with Gasteiger partial charge in [0, 0.05) is 40.7 Å². The summed E-state index contributed by atoms with van der Waals surface area (Å²) >= 11 is 0. The number of H-pyrrole nitrogens is 1. The average Bonchev–Trinajstić information content (AvgIpc) is 2.73. The van der Waals surface area contributed by atoms with Crippen LogP contribution in [0.2, 0.25) is 0 Å². The lowest BCUT2D eigenvalue weighted by molar-refractivity contribution is 0.356. The molecule has 29 heavy (non-hydrogen) atoms. The standard InChI is InChI=1S/C22H20N2O4.CH4/c1-26-17-4-5-19-13(8-17)6-14(22(25)24-19)7-15-11-23-12-16-9-20(27-2)21(28-3)10-18(15)16;/h4-6,8-12H,7H2,1-3H3,(H,24,25);1H4. The van der Waals surface area contributed by atoms with Crippen LogP contribution in [0.3, 0.4) is 0 Å². The number of hydrogen-bond donors (Lipinski definition) is 1. The summed E-state index contributed by atoms with van der Waals surface area (Å²) in [6, 6.07) is 11.3. The molecule has 150 valence electrons. The quantitative estimate of drug-likeness (QED) is 0.547. The summed E-state index contributed by atoms with van der Waals surface area (Å²) in [7, 11) is 4.83. The van der Waals surface area contributed by atoms with Crippen molar-refractivity contribution in [3.63, 3.8) is 0 Å². The molecule has 0 atom stereocenters. The van der Waals surface area contributed by atoms with E-state index in [2.05, 4.69) is 9.97 Å². The first-order valence-electron chi connectivity index (χ1n) is 8.81. The van der Waals surface area contributed by atoms with Gasteiger partial charge >= 0.3 is 0 Å². The molecule has 4 aromatic rings. The van der Waals surface area contributed by atoms with Gasteiger partial charge in [-0.15, -0.1) is 0 Å². The largest absolute Gasteiger partial charge is 0.497 e. The van der Waals surface area contributed by atoms with Gasteiger partial charge in [0.15, 0.2) is 11.5 Å². The second-order valence-corrected chi connectivity index (χ2v) is 6.48. The van der Waals surface area contributed by atoms with E-state index in [1.807, 2.05) is 36.4 Å². The molecule has 0 saturated carbocycles. The summed E-state index contributed by atoms with van der Waals surface area (Å²) in [5.74, 6) is 2.03. The SMILES string of the molecule is C.COc1ccc2[nH]c(=O)c(Cc3cncc4cc(OC)c(OC)cc34)cc2c1. The minimum Gasteiger partial charge on any atom is -0.497 e. The van der Waals surface area contributed by atoms with Gasteiger partial charge in [0.25, 0.3) is 5.56 Å². The Labute approximate surface area is 169 Å². The fourth-order valence-electron chi connectivity index (χ4n) is 3.39. The predicted molar refractivity (Wildman–Crippen MR) is 116 cm³/mol. The Bertz CT molecular complexity index is 1230. The summed E-state index contributed by atoms with van der Waals surface area (Å²) in [5, 5.41) is 2.81. The molecule has 0 aliphatic carbocycles. The topological polar surface area (TPSA) is 73.4 Å². The molecule has 0 amide bonds. The molecule has 0 radical (unpaired) electrons. The molecule has 0 aliphatic rings. The highest BCUT2D eigenvalue weighted by molar-refractivity contribution is 5.88. The van der Waals surface area contributed by atoms with E-state index >= 15 is 0 Å². The molecule has 0 spiro atoms. The number of ether oxygens (including phenoxy) is 3. The Kier molecular flexibility index (Phi) is 5.73. The highest BCUT2D eigenvalue weighted by Crippen LogP contribution is 2.33. The third-order valence-electron chi connectivity index (χ3n) is 4.85. The van der Waals surface area contributed by atoms with E-state index < -0.39 is 0 Å². The van der Waals surface area contributed by atoms with Crippen molar-refractivity contribution < 1.29 is 14.2 Å². The normalized spacial score (nSPS) is 10.6. The Balaban J connectivity index is 0.00000240. The van der Waals surface area contributed by atoms with Crippen LogP contribution in [0.25, 0.3) is 21.7 Å². The fourth-order valence-corrected chi connectivity index (χ4v) is 3.39. The molecule has 6 nitrogen and oxygen atoms in total. The Hall–Kier alpha value is -3.54. The summed E-state index contributed by atoms with van der Waals surface area (Å²) in [6.45, 7) is 0. The van der Waals surface area contributed by atoms with Crippen molar-refractivity contribution in [2.24, 2.45) is 0 Å². The van der Waals surface area contributed by atoms with Crippen molar-refractivity contribution in [1.82, 2.24) is 9.97 Å². The van der Waals surface area contributed by atoms with Crippen molar-refractivity contribution in [3.05, 3.63) is 70.3 Å². The van der Waals surface area contributed by atoms with Gasteiger partial charge in [-0.05, 0) is 47.3 Å². The second-order valence-electron chi connectivity index (χ2n) is 6.48. The molecule has 4 rings (SSSR count). The lowest BCUT2D eigenvalue weighted by Crippen LogP contribution is -2.13. The molecular weight excluding hydrogens is 368 g/mol. The van der Waals surface area contributed by atoms with Crippen LogP contribution in [0, 0.1) is 0 Å². The first-order chi connectivity index (χ1) is 13.6. The molecule has 2 aromatic carbocycles. The first kappa shape index (κ1) is 20.2. The third-order valence-corrected chi connectivity index (χ3v) is 4.85. The molecule has 0 unspecified atom stereocenters. The van der Waals surface area contributed by atoms with Crippen molar-refractivity contribution >= 4 is 21.7 Å². The van der Waals surface area contributed by atoms with Crippen LogP contribution < -0.4 is 19.8 Å². The number of rotatable bonds is 5. The van der Waals surface area contributed by atoms with Gasteiger partial charge in [-0.25, -0.2) is 0 Å². The zero-order chi connectivity index (χ0) is 19.7. The Morgan fingerprint density at radius 1 is 0.862 bits per heavy atom. The zero-order valence-electron chi connectivity index (χ0n) is 15.9. The number of fused-ring (bicyclic) bond motifs is 2. The van der Waals surface area contributed by atoms with Gasteiger partial charge in [0.1, 0.15) is 5.75 Å². The number of hydrogen-bond acceptors (Lipinski definition) is 5. The van der Waals surface area contributed by atoms with Gasteiger partial charge in [0.05, 0.1) is 21.3 Å². The van der Waals surface area contributed by atoms with Crippen LogP contribution in [0.5, 0.6) is 17.2 Å². The minimum absolute atomic E-state index is 0. The molecule has 6 heteroatoms. The third kappa shape index (κ3) is 3.74. The van der Waals surface area contributed by atoms with E-state index in [1.165, 1.54) is 0 Å². The van der Waals surface area contributed by atoms with Gasteiger partial charge in [-0.2, -0.15) is 0 Å². The zero-order valence-corrected chi connectivity index (χ0v) is 15.9. The van der Waals surface area contributed by atoms with Crippen molar-refractivity contribution in [2.75, 3.05) is 21.3 Å². The minimum atomic E-state index is -0.116. The maximum absolute atomic E-state index is 12.6. The highest BCUT2D eigenvalue weighted by Gasteiger charge is 2.12. The number of nitrogens with one attached hydrogen (secondary N) is 1. The molecule has 1 N–H and O–H groups in total. The van der Waals surface area contributed by atoms with Gasteiger partial charge < -0.3 is 19.2 Å². The van der Waals surface area contributed by atoms with E-state index in [1.54, 1.807) is 33.7 Å². The smallest absolute Gasteiger partial charge is 0.251 e. The van der Waals surface area contributed by atoms with E-state index in [4.69, 9.17) is 14.2 Å². The van der Waals surface area contributed by atoms with Crippen LogP contribution in [-0.4, -0.2) is 31.3 Å². The van der Waals surface area contributed by atoms with Gasteiger partial charge in [-0.3, -0.25) is 9.78 Å². The van der Waals surface area contributed by atoms with Crippen LogP contribution in [0.15, 0.2) is 53.6 Å². The number of pyridine rings is 2. The summed E-state index contributed by atoms with van der Waals surface area (Å²) < 4.78 is 16.1. The molecule has 0 saturated heterocycles. The summed E-state index contributed by atoms with van der Waals surface area (Å²) in [5.41, 5.74) is 2.25. The fraction of sp³-hybridized carbons (Fsp3) is 0.217. The molecule has 0 aliphatic heterocycles. The number of benzene rings is 2. The number of nitrogens with zero attached hydrogens (tertiary/aromatic N) is 1. The predicted octanol–water partition coefficient (Wildman–Crippen LogP) is 4.33. The highest BCUT2D eigenvalue weighted by atomic mass is 16.5. The van der Waals surface area contributed by atoms with Crippen molar-refractivity contribution in [1.29, 1.82) is 0 Å². The monoisotopic (exact) mass is 392 g/mol. The van der Waals surface area contributed by atoms with Crippen LogP contribution in [0.1, 0.15) is 18.6 Å². The van der Waals surface area contributed by atoms with Crippen LogP contribution >= 0.6 is 0 Å². The van der Waals surface area contributed by atoms with Crippen LogP contribution in [-0.2, 0) is 6.42 Å². The van der Waals surface area contributed by atoms with Crippen molar-refractivity contribution in [3.8, 4) is 17.2 Å². The molecular formula is C23H24N2O4. The van der Waals surface area contributed by atoms with E-state index in [-0.39, 0.29) is 13.0 Å². The number of aromatic nitrogens is 2. The molecule has 0 fully saturated rings. The van der Waals surface area contributed by atoms with E-state index in [0.29, 0.717) is 23.5 Å². The van der Waals surface area contributed by atoms with Crippen LogP contribution in [0.4, 0.5) is 0 Å². The molecule has 2 heterocycles. The van der Waals surface area contributed by atoms with Gasteiger partial charge in [0.2, 0.25) is 0 Å². The first-order valence-corrected chi connectivity index (χ1v) is 8.81. The van der Waals surface area contributed by atoms with Gasteiger partial charge in [-0.1, -0.05) is 7.43 Å². The summed E-state index contributed by atoms with van der Waals surface area (Å²) in [4.78, 5) is 19.9. The summed E-state index contributed by atoms with van der Waals surface area (Å²) in [6.07, 6.45) is 4.00. The lowest BCUT2D eigenvalue weighted by Gasteiger charge is -2.12. The molecule has 0 bridgehead atoms. The second kappa shape index (κ2) is 8.22. The number of methoxy groups -OCH3 is 3. The Morgan fingerprint density at radius 3 is 2.34 bits per heavy atom. The van der Waals surface area contributed by atoms with Crippen molar-refractivity contribution in [2.45, 2.75) is 13.8 Å². The maximum Gasteiger partial charge on any atom is 0.251 e. The average molecular weight is 392 g/mol. The van der Waals surface area contributed by atoms with E-state index in [9.17, 15) is 4.79 Å².